The highest BCUT2D eigenvalue weighted by Crippen LogP contribution is 2.46. The summed E-state index contributed by atoms with van der Waals surface area (Å²) in [4.78, 5) is 0. The zero-order valence-corrected chi connectivity index (χ0v) is 17.4. The number of hydrogen-bond acceptors (Lipinski definition) is 3. The third-order valence-electron chi connectivity index (χ3n) is 4.63. The van der Waals surface area contributed by atoms with Crippen LogP contribution in [0, 0.1) is 0 Å². The topological polar surface area (TPSA) is 15.7 Å². The third kappa shape index (κ3) is 3.66. The second kappa shape index (κ2) is 6.59. The summed E-state index contributed by atoms with van der Waals surface area (Å²) in [7, 11) is -1.77. The third-order valence-corrected chi connectivity index (χ3v) is 8.18. The molecule has 3 nitrogen and oxygen atoms in total. The summed E-state index contributed by atoms with van der Waals surface area (Å²) in [6.07, 6.45) is 0.265. The summed E-state index contributed by atoms with van der Waals surface area (Å²) >= 11 is 0. The van der Waals surface area contributed by atoms with Crippen LogP contribution < -0.4 is 4.43 Å². The standard InChI is InChI=1S/C21H30N2OSi/c1-20(2,3)22-19(17-13-9-7-10-14-17)23(21(4,5)6)25(22)24-18-15-11-8-12-16-18/h7-16,19,25H,1-6H3. The molecule has 0 radical (unpaired) electrons. The molecule has 0 aliphatic carbocycles. The predicted octanol–water partition coefficient (Wildman–Crippen LogP) is 4.70. The van der Waals surface area contributed by atoms with Gasteiger partial charge in [0, 0.05) is 11.1 Å². The van der Waals surface area contributed by atoms with E-state index in [9.17, 15) is 0 Å². The Hall–Kier alpha value is -1.62. The van der Waals surface area contributed by atoms with Gasteiger partial charge in [0.25, 0.3) is 0 Å². The van der Waals surface area contributed by atoms with Crippen LogP contribution in [-0.4, -0.2) is 29.6 Å². The average Bonchev–Trinajstić information content (AvgIpc) is 2.50. The lowest BCUT2D eigenvalue weighted by molar-refractivity contribution is -0.0571. The molecule has 0 unspecified atom stereocenters. The van der Waals surface area contributed by atoms with Gasteiger partial charge in [0.05, 0.1) is 6.17 Å². The maximum atomic E-state index is 6.57. The summed E-state index contributed by atoms with van der Waals surface area (Å²) in [5, 5.41) is 0. The molecule has 3 rings (SSSR count). The summed E-state index contributed by atoms with van der Waals surface area (Å²) in [5.41, 5.74) is 1.44. The zero-order chi connectivity index (χ0) is 18.2. The summed E-state index contributed by atoms with van der Waals surface area (Å²) in [5.74, 6) is 0.967. The Bertz CT molecular complexity index is 669. The van der Waals surface area contributed by atoms with Crippen LogP contribution in [0.4, 0.5) is 0 Å². The Morgan fingerprint density at radius 2 is 1.16 bits per heavy atom. The molecule has 0 atom stereocenters. The lowest BCUT2D eigenvalue weighted by Crippen LogP contribution is -2.79. The highest BCUT2D eigenvalue weighted by Gasteiger charge is 2.58. The van der Waals surface area contributed by atoms with Gasteiger partial charge in [0.2, 0.25) is 0 Å². The van der Waals surface area contributed by atoms with E-state index >= 15 is 0 Å². The second-order valence-electron chi connectivity index (χ2n) is 8.70. The lowest BCUT2D eigenvalue weighted by atomic mass is 10.0. The molecule has 0 amide bonds. The maximum Gasteiger partial charge on any atom is 0.406 e. The number of benzene rings is 2. The van der Waals surface area contributed by atoms with Crippen molar-refractivity contribution < 1.29 is 4.43 Å². The minimum Gasteiger partial charge on any atom is -0.520 e. The molecule has 2 aromatic carbocycles. The van der Waals surface area contributed by atoms with Crippen LogP contribution in [0.1, 0.15) is 53.3 Å². The fourth-order valence-electron chi connectivity index (χ4n) is 3.52. The molecule has 0 bridgehead atoms. The number of nitrogens with zero attached hydrogens (tertiary/aromatic N) is 2. The first-order chi connectivity index (χ1) is 11.7. The molecule has 1 fully saturated rings. The van der Waals surface area contributed by atoms with E-state index in [-0.39, 0.29) is 17.2 Å². The first kappa shape index (κ1) is 18.2. The van der Waals surface area contributed by atoms with E-state index in [0.29, 0.717) is 0 Å². The van der Waals surface area contributed by atoms with Gasteiger partial charge in [-0.3, -0.25) is 9.13 Å². The highest BCUT2D eigenvalue weighted by atomic mass is 28.3. The molecule has 1 heterocycles. The predicted molar refractivity (Wildman–Crippen MR) is 107 cm³/mol. The molecule has 0 aromatic heterocycles. The van der Waals surface area contributed by atoms with Gasteiger partial charge in [-0.15, -0.1) is 0 Å². The molecular formula is C21H30N2OSi. The Balaban J connectivity index is 1.99. The first-order valence-electron chi connectivity index (χ1n) is 9.03. The van der Waals surface area contributed by atoms with Crippen molar-refractivity contribution in [2.45, 2.75) is 58.8 Å². The maximum absolute atomic E-state index is 6.57. The van der Waals surface area contributed by atoms with Crippen LogP contribution in [-0.2, 0) is 0 Å². The quantitative estimate of drug-likeness (QED) is 0.743. The van der Waals surface area contributed by atoms with Crippen molar-refractivity contribution in [3.8, 4) is 5.75 Å². The summed E-state index contributed by atoms with van der Waals surface area (Å²) < 4.78 is 11.8. The molecule has 1 aliphatic rings. The van der Waals surface area contributed by atoms with Crippen molar-refractivity contribution in [3.63, 3.8) is 0 Å². The zero-order valence-electron chi connectivity index (χ0n) is 16.2. The number of hydrogen-bond donors (Lipinski definition) is 0. The largest absolute Gasteiger partial charge is 0.520 e. The second-order valence-corrected chi connectivity index (χ2v) is 10.7. The van der Waals surface area contributed by atoms with E-state index in [0.717, 1.165) is 5.75 Å². The van der Waals surface area contributed by atoms with Gasteiger partial charge < -0.3 is 4.43 Å². The van der Waals surface area contributed by atoms with E-state index in [2.05, 4.69) is 93.1 Å². The van der Waals surface area contributed by atoms with Gasteiger partial charge in [-0.05, 0) is 59.2 Å². The highest BCUT2D eigenvalue weighted by molar-refractivity contribution is 6.50. The molecule has 134 valence electrons. The van der Waals surface area contributed by atoms with Gasteiger partial charge in [-0.2, -0.15) is 0 Å². The molecule has 2 aromatic rings. The molecule has 1 aliphatic heterocycles. The van der Waals surface area contributed by atoms with Gasteiger partial charge in [-0.25, -0.2) is 0 Å². The molecular weight excluding hydrogens is 324 g/mol. The monoisotopic (exact) mass is 354 g/mol. The Labute approximate surface area is 154 Å². The molecule has 0 saturated carbocycles. The summed E-state index contributed by atoms with van der Waals surface area (Å²) in [6, 6.07) is 21.0. The van der Waals surface area contributed by atoms with Gasteiger partial charge in [-0.1, -0.05) is 48.5 Å². The van der Waals surface area contributed by atoms with Crippen LogP contribution in [0.3, 0.4) is 0 Å². The van der Waals surface area contributed by atoms with Crippen LogP contribution in [0.2, 0.25) is 0 Å². The van der Waals surface area contributed by atoms with Gasteiger partial charge in [0.15, 0.2) is 0 Å². The van der Waals surface area contributed by atoms with Crippen LogP contribution in [0.15, 0.2) is 60.7 Å². The fourth-order valence-corrected chi connectivity index (χ4v) is 6.64. The smallest absolute Gasteiger partial charge is 0.406 e. The lowest BCUT2D eigenvalue weighted by Gasteiger charge is -2.64. The van der Waals surface area contributed by atoms with Crippen molar-refractivity contribution in [3.05, 3.63) is 66.2 Å². The minimum atomic E-state index is -1.77. The van der Waals surface area contributed by atoms with Crippen molar-refractivity contribution >= 4 is 9.36 Å². The van der Waals surface area contributed by atoms with Crippen molar-refractivity contribution in [1.82, 2.24) is 9.13 Å². The summed E-state index contributed by atoms with van der Waals surface area (Å²) in [6.45, 7) is 13.7. The molecule has 25 heavy (non-hydrogen) atoms. The molecule has 0 spiro atoms. The van der Waals surface area contributed by atoms with Crippen LogP contribution in [0.5, 0.6) is 5.75 Å². The van der Waals surface area contributed by atoms with Crippen molar-refractivity contribution in [2.75, 3.05) is 0 Å². The van der Waals surface area contributed by atoms with Gasteiger partial charge >= 0.3 is 9.36 Å². The van der Waals surface area contributed by atoms with Crippen molar-refractivity contribution in [1.29, 1.82) is 0 Å². The Kier molecular flexibility index (Phi) is 4.79. The van der Waals surface area contributed by atoms with Crippen LogP contribution in [0.25, 0.3) is 0 Å². The molecule has 1 saturated heterocycles. The fraction of sp³-hybridized carbons (Fsp3) is 0.429. The minimum absolute atomic E-state index is 0.0495. The SMILES string of the molecule is CC(C)(C)N1C(c2ccccc2)N(C(C)(C)C)[SiH]1Oc1ccccc1. The molecule has 0 N–H and O–H groups in total. The Morgan fingerprint density at radius 3 is 1.60 bits per heavy atom. The normalized spacial score (nSPS) is 22.5. The average molecular weight is 355 g/mol. The van der Waals surface area contributed by atoms with Crippen molar-refractivity contribution in [2.24, 2.45) is 0 Å². The van der Waals surface area contributed by atoms with Gasteiger partial charge in [0.1, 0.15) is 5.75 Å². The molecule has 4 heteroatoms. The number of para-hydroxylation sites is 1. The number of rotatable bonds is 3. The van der Waals surface area contributed by atoms with E-state index < -0.39 is 9.36 Å². The van der Waals surface area contributed by atoms with E-state index in [1.807, 2.05) is 18.2 Å². The van der Waals surface area contributed by atoms with Crippen LogP contribution >= 0.6 is 0 Å². The first-order valence-corrected chi connectivity index (χ1v) is 10.5. The Morgan fingerprint density at radius 1 is 0.720 bits per heavy atom. The van der Waals surface area contributed by atoms with E-state index in [1.54, 1.807) is 0 Å². The van der Waals surface area contributed by atoms with E-state index in [1.165, 1.54) is 5.56 Å². The van der Waals surface area contributed by atoms with E-state index in [4.69, 9.17) is 4.43 Å².